The summed E-state index contributed by atoms with van der Waals surface area (Å²) in [4.78, 5) is 16.1. The van der Waals surface area contributed by atoms with Gasteiger partial charge in [-0.15, -0.1) is 0 Å². The van der Waals surface area contributed by atoms with Crippen LogP contribution in [0.2, 0.25) is 0 Å². The molecule has 3 aromatic heterocycles. The Hall–Kier alpha value is -7.23. The number of rotatable bonds is 6. The summed E-state index contributed by atoms with van der Waals surface area (Å²) in [5.74, 6) is 0. The molecule has 0 saturated carbocycles. The van der Waals surface area contributed by atoms with Crippen molar-refractivity contribution in [1.29, 1.82) is 0 Å². The molecule has 0 radical (unpaired) electrons. The number of pyridine rings is 3. The lowest BCUT2D eigenvalue weighted by Gasteiger charge is -2.15. The fourth-order valence-electron chi connectivity index (χ4n) is 7.53. The van der Waals surface area contributed by atoms with Crippen molar-refractivity contribution in [2.45, 2.75) is 0 Å². The van der Waals surface area contributed by atoms with E-state index < -0.39 is 0 Å². The van der Waals surface area contributed by atoms with Gasteiger partial charge in [-0.2, -0.15) is 0 Å². The van der Waals surface area contributed by atoms with Crippen LogP contribution in [0, 0.1) is 0 Å². The fourth-order valence-corrected chi connectivity index (χ4v) is 7.53. The molecule has 10 rings (SSSR count). The lowest BCUT2D eigenvalue weighted by molar-refractivity contribution is 1.31. The highest BCUT2D eigenvalue weighted by Crippen LogP contribution is 2.39. The first-order chi connectivity index (χ1) is 26.7. The molecule has 0 unspecified atom stereocenters. The molecule has 0 spiro atoms. The van der Waals surface area contributed by atoms with Gasteiger partial charge < -0.3 is 0 Å². The first-order valence-electron chi connectivity index (χ1n) is 18.3. The SMILES string of the molecule is c1ccc(-c2cc(-c3ccccc3)nc(-c3ccccc3-c3ccc4ccc5c(-c6ccc7ccccc7c6)cc(-c6ccccc6)nc5c4n3)c2)cc1. The van der Waals surface area contributed by atoms with Gasteiger partial charge in [0.05, 0.1) is 33.8 Å². The topological polar surface area (TPSA) is 38.7 Å². The molecular weight excluding hydrogens is 655 g/mol. The molecule has 0 aliphatic heterocycles. The highest BCUT2D eigenvalue weighted by Gasteiger charge is 2.17. The van der Waals surface area contributed by atoms with Crippen LogP contribution in [0.5, 0.6) is 0 Å². The Bertz CT molecular complexity index is 2920. The first kappa shape index (κ1) is 31.5. The highest BCUT2D eigenvalue weighted by atomic mass is 14.8. The van der Waals surface area contributed by atoms with E-state index in [4.69, 9.17) is 15.0 Å². The van der Waals surface area contributed by atoms with Crippen molar-refractivity contribution in [2.24, 2.45) is 0 Å². The van der Waals surface area contributed by atoms with Crippen molar-refractivity contribution in [3.05, 3.63) is 200 Å². The molecule has 252 valence electrons. The van der Waals surface area contributed by atoms with Gasteiger partial charge in [0.2, 0.25) is 0 Å². The van der Waals surface area contributed by atoms with Crippen LogP contribution in [0.15, 0.2) is 200 Å². The number of aromatic nitrogens is 3. The molecule has 10 aromatic rings. The molecule has 0 atom stereocenters. The van der Waals surface area contributed by atoms with Crippen molar-refractivity contribution in [2.75, 3.05) is 0 Å². The van der Waals surface area contributed by atoms with Crippen molar-refractivity contribution in [3.8, 4) is 67.3 Å². The van der Waals surface area contributed by atoms with Gasteiger partial charge in [-0.05, 0) is 63.4 Å². The molecule has 0 amide bonds. The third kappa shape index (κ3) is 5.78. The van der Waals surface area contributed by atoms with Gasteiger partial charge in [-0.3, -0.25) is 0 Å². The summed E-state index contributed by atoms with van der Waals surface area (Å²) in [5, 5.41) is 4.54. The number of nitrogens with zero attached hydrogens (tertiary/aromatic N) is 3. The van der Waals surface area contributed by atoms with Crippen LogP contribution in [-0.2, 0) is 0 Å². The van der Waals surface area contributed by atoms with E-state index in [1.165, 1.54) is 10.8 Å². The second-order valence-electron chi connectivity index (χ2n) is 13.6. The molecule has 0 fully saturated rings. The lowest BCUT2D eigenvalue weighted by atomic mass is 9.94. The van der Waals surface area contributed by atoms with E-state index in [2.05, 4.69) is 188 Å². The quantitative estimate of drug-likeness (QED) is 0.163. The van der Waals surface area contributed by atoms with Crippen LogP contribution in [0.1, 0.15) is 0 Å². The van der Waals surface area contributed by atoms with Gasteiger partial charge in [-0.25, -0.2) is 15.0 Å². The molecule has 7 aromatic carbocycles. The summed E-state index contributed by atoms with van der Waals surface area (Å²) in [6.45, 7) is 0. The maximum Gasteiger partial charge on any atom is 0.0978 e. The zero-order chi connectivity index (χ0) is 35.8. The average Bonchev–Trinajstić information content (AvgIpc) is 3.26. The normalized spacial score (nSPS) is 11.3. The first-order valence-corrected chi connectivity index (χ1v) is 18.3. The Morgan fingerprint density at radius 3 is 1.50 bits per heavy atom. The maximum atomic E-state index is 5.45. The molecule has 3 heteroatoms. The van der Waals surface area contributed by atoms with E-state index in [1.54, 1.807) is 0 Å². The molecule has 3 nitrogen and oxygen atoms in total. The molecule has 0 N–H and O–H groups in total. The van der Waals surface area contributed by atoms with Crippen LogP contribution in [0.3, 0.4) is 0 Å². The van der Waals surface area contributed by atoms with Crippen LogP contribution < -0.4 is 0 Å². The minimum atomic E-state index is 0.871. The zero-order valence-electron chi connectivity index (χ0n) is 29.4. The fraction of sp³-hybridized carbons (Fsp3) is 0. The molecule has 0 aliphatic carbocycles. The standard InChI is InChI=1S/C51H33N3/c1-4-14-34(15-5-1)41-31-47(36-17-6-2-7-18-36)52-49(32-41)43-23-13-12-22-42(43)46-29-27-38-26-28-44-45(40-25-24-35-16-10-11-21-39(35)30-40)33-48(37-19-8-3-9-20-37)54-51(44)50(38)53-46/h1-33H. The van der Waals surface area contributed by atoms with Crippen molar-refractivity contribution >= 4 is 32.6 Å². The van der Waals surface area contributed by atoms with E-state index in [-0.39, 0.29) is 0 Å². The summed E-state index contributed by atoms with van der Waals surface area (Å²) in [6, 6.07) is 70.3. The van der Waals surface area contributed by atoms with Gasteiger partial charge in [0.25, 0.3) is 0 Å². The minimum Gasteiger partial charge on any atom is -0.248 e. The van der Waals surface area contributed by atoms with Crippen LogP contribution in [-0.4, -0.2) is 15.0 Å². The average molecular weight is 688 g/mol. The Morgan fingerprint density at radius 2 is 0.778 bits per heavy atom. The Labute approximate surface area is 313 Å². The third-order valence-corrected chi connectivity index (χ3v) is 10.2. The number of fused-ring (bicyclic) bond motifs is 4. The van der Waals surface area contributed by atoms with E-state index in [0.29, 0.717) is 0 Å². The van der Waals surface area contributed by atoms with Gasteiger partial charge in [-0.1, -0.05) is 170 Å². The van der Waals surface area contributed by atoms with E-state index in [1.807, 2.05) is 12.1 Å². The molecule has 3 heterocycles. The second-order valence-corrected chi connectivity index (χ2v) is 13.6. The van der Waals surface area contributed by atoms with Gasteiger partial charge in [0.15, 0.2) is 0 Å². The van der Waals surface area contributed by atoms with Gasteiger partial charge in [0.1, 0.15) is 0 Å². The monoisotopic (exact) mass is 687 g/mol. The lowest BCUT2D eigenvalue weighted by Crippen LogP contribution is -1.96. The van der Waals surface area contributed by atoms with Crippen molar-refractivity contribution in [1.82, 2.24) is 15.0 Å². The van der Waals surface area contributed by atoms with Crippen molar-refractivity contribution < 1.29 is 0 Å². The van der Waals surface area contributed by atoms with Gasteiger partial charge >= 0.3 is 0 Å². The number of hydrogen-bond acceptors (Lipinski definition) is 3. The molecular formula is C51H33N3. The predicted molar refractivity (Wildman–Crippen MR) is 225 cm³/mol. The van der Waals surface area contributed by atoms with Crippen LogP contribution in [0.4, 0.5) is 0 Å². The number of benzene rings is 7. The molecule has 0 bridgehead atoms. The Balaban J connectivity index is 1.18. The van der Waals surface area contributed by atoms with Crippen molar-refractivity contribution in [3.63, 3.8) is 0 Å². The molecule has 54 heavy (non-hydrogen) atoms. The Kier molecular flexibility index (Phi) is 7.81. The van der Waals surface area contributed by atoms with E-state index >= 15 is 0 Å². The predicted octanol–water partition coefficient (Wildman–Crippen LogP) is 13.3. The maximum absolute atomic E-state index is 5.45. The second kappa shape index (κ2) is 13.4. The van der Waals surface area contributed by atoms with E-state index in [9.17, 15) is 0 Å². The third-order valence-electron chi connectivity index (χ3n) is 10.2. The van der Waals surface area contributed by atoms with Crippen LogP contribution in [0.25, 0.3) is 99.9 Å². The van der Waals surface area contributed by atoms with E-state index in [0.717, 1.165) is 89.1 Å². The molecule has 0 aliphatic rings. The summed E-state index contributed by atoms with van der Waals surface area (Å²) in [7, 11) is 0. The zero-order valence-corrected chi connectivity index (χ0v) is 29.4. The van der Waals surface area contributed by atoms with Gasteiger partial charge in [0, 0.05) is 33.0 Å². The molecule has 0 saturated heterocycles. The summed E-state index contributed by atoms with van der Waals surface area (Å²) >= 11 is 0. The summed E-state index contributed by atoms with van der Waals surface area (Å²) < 4.78 is 0. The Morgan fingerprint density at radius 1 is 0.241 bits per heavy atom. The summed E-state index contributed by atoms with van der Waals surface area (Å²) in [6.07, 6.45) is 0. The minimum absolute atomic E-state index is 0.871. The van der Waals surface area contributed by atoms with Crippen LogP contribution >= 0.6 is 0 Å². The summed E-state index contributed by atoms with van der Waals surface area (Å²) in [5.41, 5.74) is 14.1. The largest absolute Gasteiger partial charge is 0.248 e. The smallest absolute Gasteiger partial charge is 0.0978 e. The number of hydrogen-bond donors (Lipinski definition) is 0. The highest BCUT2D eigenvalue weighted by molar-refractivity contribution is 6.10.